The second-order valence-corrected chi connectivity index (χ2v) is 6.00. The number of hydrogen-bond acceptors (Lipinski definition) is 3. The van der Waals surface area contributed by atoms with Crippen LogP contribution < -0.4 is 5.43 Å². The van der Waals surface area contributed by atoms with Crippen LogP contribution in [0.15, 0.2) is 76.2 Å². The highest BCUT2D eigenvalue weighted by Crippen LogP contribution is 2.28. The van der Waals surface area contributed by atoms with E-state index in [1.807, 2.05) is 48.5 Å². The Morgan fingerprint density at radius 1 is 1.00 bits per heavy atom. The third-order valence-electron chi connectivity index (χ3n) is 3.90. The van der Waals surface area contributed by atoms with E-state index < -0.39 is 5.91 Å². The van der Waals surface area contributed by atoms with E-state index in [0.717, 1.165) is 21.7 Å². The van der Waals surface area contributed by atoms with Crippen molar-refractivity contribution in [2.75, 3.05) is 0 Å². The standard InChI is InChI=1S/C20H13ClN2O2/c21-15-8-5-13(6-9-15)12-22-23-20(24)19-11-17-16-4-2-1-3-14(16)7-10-18(17)25-19/h1-12H,(H,23,24)/b22-12+. The number of halogens is 1. The van der Waals surface area contributed by atoms with E-state index in [9.17, 15) is 4.79 Å². The summed E-state index contributed by atoms with van der Waals surface area (Å²) in [5, 5.41) is 7.66. The molecule has 5 heteroatoms. The molecule has 1 amide bonds. The Morgan fingerprint density at radius 3 is 2.64 bits per heavy atom. The van der Waals surface area contributed by atoms with Gasteiger partial charge in [-0.1, -0.05) is 54.1 Å². The van der Waals surface area contributed by atoms with Crippen molar-refractivity contribution in [3.63, 3.8) is 0 Å². The van der Waals surface area contributed by atoms with E-state index >= 15 is 0 Å². The highest BCUT2D eigenvalue weighted by Gasteiger charge is 2.13. The van der Waals surface area contributed by atoms with Crippen LogP contribution >= 0.6 is 11.6 Å². The Kier molecular flexibility index (Phi) is 3.96. The average Bonchev–Trinajstić information content (AvgIpc) is 3.08. The van der Waals surface area contributed by atoms with Crippen LogP contribution in [0.2, 0.25) is 5.02 Å². The number of amides is 1. The Labute approximate surface area is 148 Å². The average molecular weight is 349 g/mol. The number of hydrazone groups is 1. The first-order valence-corrected chi connectivity index (χ1v) is 8.09. The summed E-state index contributed by atoms with van der Waals surface area (Å²) in [5.74, 6) is -0.176. The van der Waals surface area contributed by atoms with Gasteiger partial charge in [0, 0.05) is 10.4 Å². The monoisotopic (exact) mass is 348 g/mol. The van der Waals surface area contributed by atoms with E-state index in [1.165, 1.54) is 0 Å². The number of fused-ring (bicyclic) bond motifs is 3. The highest BCUT2D eigenvalue weighted by atomic mass is 35.5. The number of rotatable bonds is 3. The van der Waals surface area contributed by atoms with Crippen molar-refractivity contribution in [2.45, 2.75) is 0 Å². The minimum absolute atomic E-state index is 0.222. The quantitative estimate of drug-likeness (QED) is 0.418. The fraction of sp³-hybridized carbons (Fsp3) is 0. The summed E-state index contributed by atoms with van der Waals surface area (Å²) in [6.07, 6.45) is 1.55. The van der Waals surface area contributed by atoms with Crippen LogP contribution in [-0.4, -0.2) is 12.1 Å². The molecule has 25 heavy (non-hydrogen) atoms. The number of hydrogen-bond donors (Lipinski definition) is 1. The molecule has 0 aliphatic heterocycles. The van der Waals surface area contributed by atoms with E-state index in [1.54, 1.807) is 24.4 Å². The first kappa shape index (κ1) is 15.4. The largest absolute Gasteiger partial charge is 0.451 e. The minimum Gasteiger partial charge on any atom is -0.451 e. The number of nitrogens with zero attached hydrogens (tertiary/aromatic N) is 1. The second-order valence-electron chi connectivity index (χ2n) is 5.56. The van der Waals surface area contributed by atoms with Crippen LogP contribution in [0.5, 0.6) is 0 Å². The molecule has 0 atom stereocenters. The van der Waals surface area contributed by atoms with Crippen LogP contribution in [0, 0.1) is 0 Å². The number of benzene rings is 3. The Morgan fingerprint density at radius 2 is 1.80 bits per heavy atom. The molecule has 0 radical (unpaired) electrons. The molecule has 0 spiro atoms. The molecule has 1 heterocycles. The van der Waals surface area contributed by atoms with Gasteiger partial charge < -0.3 is 4.42 Å². The van der Waals surface area contributed by atoms with Gasteiger partial charge in [0.15, 0.2) is 5.76 Å². The number of furan rings is 1. The van der Waals surface area contributed by atoms with Crippen LogP contribution in [0.1, 0.15) is 16.1 Å². The SMILES string of the molecule is O=C(N/N=C/c1ccc(Cl)cc1)c1cc2c(ccc3ccccc32)o1. The molecule has 1 aromatic heterocycles. The fourth-order valence-electron chi connectivity index (χ4n) is 2.67. The molecule has 0 saturated carbocycles. The zero-order chi connectivity index (χ0) is 17.2. The summed E-state index contributed by atoms with van der Waals surface area (Å²) in [7, 11) is 0. The zero-order valence-electron chi connectivity index (χ0n) is 13.1. The molecule has 0 saturated heterocycles. The highest BCUT2D eigenvalue weighted by molar-refractivity contribution is 6.30. The lowest BCUT2D eigenvalue weighted by Gasteiger charge is -1.96. The molecule has 0 aliphatic carbocycles. The molecule has 4 rings (SSSR count). The molecular weight excluding hydrogens is 336 g/mol. The summed E-state index contributed by atoms with van der Waals surface area (Å²) in [6, 6.07) is 20.7. The lowest BCUT2D eigenvalue weighted by atomic mass is 10.1. The molecule has 0 bridgehead atoms. The van der Waals surface area contributed by atoms with Crippen molar-refractivity contribution in [3.05, 3.63) is 83.1 Å². The van der Waals surface area contributed by atoms with Crippen molar-refractivity contribution in [2.24, 2.45) is 5.10 Å². The molecule has 0 unspecified atom stereocenters. The summed E-state index contributed by atoms with van der Waals surface area (Å²) < 4.78 is 5.65. The Bertz CT molecular complexity index is 1100. The lowest BCUT2D eigenvalue weighted by Crippen LogP contribution is -2.16. The van der Waals surface area contributed by atoms with E-state index in [2.05, 4.69) is 10.5 Å². The second kappa shape index (κ2) is 6.42. The number of carbonyl (C=O) groups is 1. The topological polar surface area (TPSA) is 54.6 Å². The predicted octanol–water partition coefficient (Wildman–Crippen LogP) is 5.00. The first-order valence-electron chi connectivity index (χ1n) is 7.71. The third kappa shape index (κ3) is 3.12. The molecular formula is C20H13ClN2O2. The maximum absolute atomic E-state index is 12.3. The number of carbonyl (C=O) groups excluding carboxylic acids is 1. The zero-order valence-corrected chi connectivity index (χ0v) is 13.8. The van der Waals surface area contributed by atoms with Crippen molar-refractivity contribution >= 4 is 45.5 Å². The smallest absolute Gasteiger partial charge is 0.307 e. The van der Waals surface area contributed by atoms with E-state index in [-0.39, 0.29) is 5.76 Å². The Balaban J connectivity index is 1.57. The van der Waals surface area contributed by atoms with Gasteiger partial charge in [-0.05, 0) is 40.6 Å². The van der Waals surface area contributed by atoms with E-state index in [0.29, 0.717) is 10.6 Å². The van der Waals surface area contributed by atoms with Gasteiger partial charge in [0.1, 0.15) is 5.58 Å². The summed E-state index contributed by atoms with van der Waals surface area (Å²) in [4.78, 5) is 12.3. The molecule has 0 aliphatic rings. The van der Waals surface area contributed by atoms with Crippen molar-refractivity contribution in [1.29, 1.82) is 0 Å². The maximum atomic E-state index is 12.3. The van der Waals surface area contributed by atoms with Crippen molar-refractivity contribution in [1.82, 2.24) is 5.43 Å². The van der Waals surface area contributed by atoms with Gasteiger partial charge in [0.05, 0.1) is 6.21 Å². The molecule has 3 aromatic carbocycles. The molecule has 122 valence electrons. The van der Waals surface area contributed by atoms with E-state index in [4.69, 9.17) is 16.0 Å². The van der Waals surface area contributed by atoms with Gasteiger partial charge in [-0.15, -0.1) is 0 Å². The van der Waals surface area contributed by atoms with Gasteiger partial charge in [0.2, 0.25) is 0 Å². The first-order chi connectivity index (χ1) is 12.2. The minimum atomic E-state index is -0.398. The number of nitrogens with one attached hydrogen (secondary N) is 1. The molecule has 1 N–H and O–H groups in total. The van der Waals surface area contributed by atoms with Gasteiger partial charge in [-0.2, -0.15) is 5.10 Å². The summed E-state index contributed by atoms with van der Waals surface area (Å²) in [5.41, 5.74) is 3.98. The molecule has 4 aromatic rings. The van der Waals surface area contributed by atoms with Gasteiger partial charge in [-0.25, -0.2) is 5.43 Å². The summed E-state index contributed by atoms with van der Waals surface area (Å²) in [6.45, 7) is 0. The third-order valence-corrected chi connectivity index (χ3v) is 4.15. The van der Waals surface area contributed by atoms with Crippen LogP contribution in [0.25, 0.3) is 21.7 Å². The normalized spacial score (nSPS) is 11.4. The van der Waals surface area contributed by atoms with Crippen LogP contribution in [0.3, 0.4) is 0 Å². The predicted molar refractivity (Wildman–Crippen MR) is 100 cm³/mol. The fourth-order valence-corrected chi connectivity index (χ4v) is 2.80. The molecule has 0 fully saturated rings. The van der Waals surface area contributed by atoms with Gasteiger partial charge in [0.25, 0.3) is 0 Å². The summed E-state index contributed by atoms with van der Waals surface area (Å²) >= 11 is 5.83. The maximum Gasteiger partial charge on any atom is 0.307 e. The van der Waals surface area contributed by atoms with Crippen LogP contribution in [-0.2, 0) is 0 Å². The molecule has 4 nitrogen and oxygen atoms in total. The van der Waals surface area contributed by atoms with Gasteiger partial charge >= 0.3 is 5.91 Å². The van der Waals surface area contributed by atoms with Crippen molar-refractivity contribution in [3.8, 4) is 0 Å². The Hall–Kier alpha value is -3.11. The lowest BCUT2D eigenvalue weighted by molar-refractivity contribution is 0.0929. The van der Waals surface area contributed by atoms with Crippen LogP contribution in [0.4, 0.5) is 0 Å². The van der Waals surface area contributed by atoms with Gasteiger partial charge in [-0.3, -0.25) is 4.79 Å². The van der Waals surface area contributed by atoms with Crippen molar-refractivity contribution < 1.29 is 9.21 Å².